The molecule has 0 radical (unpaired) electrons. The molecule has 0 bridgehead atoms. The van der Waals surface area contributed by atoms with Gasteiger partial charge in [0.05, 0.1) is 10.4 Å². The van der Waals surface area contributed by atoms with E-state index in [-0.39, 0.29) is 11.8 Å². The first-order valence-electron chi connectivity index (χ1n) is 8.65. The summed E-state index contributed by atoms with van der Waals surface area (Å²) in [6.07, 6.45) is 1.47. The van der Waals surface area contributed by atoms with Crippen LogP contribution in [0.15, 0.2) is 48.7 Å². The summed E-state index contributed by atoms with van der Waals surface area (Å²) in [4.78, 5) is 33.2. The summed E-state index contributed by atoms with van der Waals surface area (Å²) in [7, 11) is 0. The van der Waals surface area contributed by atoms with Crippen LogP contribution in [0.25, 0.3) is 0 Å². The van der Waals surface area contributed by atoms with Gasteiger partial charge in [-0.05, 0) is 31.5 Å². The van der Waals surface area contributed by atoms with E-state index in [0.717, 1.165) is 5.56 Å². The van der Waals surface area contributed by atoms with Gasteiger partial charge in [0.2, 0.25) is 5.91 Å². The molecule has 0 atom stereocenters. The Morgan fingerprint density at radius 3 is 2.15 bits per heavy atom. The number of rotatable bonds is 3. The average Bonchev–Trinajstić information content (AvgIpc) is 2.68. The van der Waals surface area contributed by atoms with Crippen molar-refractivity contribution < 1.29 is 9.59 Å². The van der Waals surface area contributed by atoms with E-state index in [1.54, 1.807) is 17.0 Å². The smallest absolute Gasteiger partial charge is 0.272 e. The van der Waals surface area contributed by atoms with Crippen molar-refractivity contribution in [1.29, 1.82) is 0 Å². The summed E-state index contributed by atoms with van der Waals surface area (Å²) in [6, 6.07) is 13.1. The third-order valence-electron chi connectivity index (χ3n) is 4.83. The van der Waals surface area contributed by atoms with Gasteiger partial charge in [0, 0.05) is 32.4 Å². The molecule has 1 aromatic carbocycles. The van der Waals surface area contributed by atoms with Crippen LogP contribution in [0.3, 0.4) is 0 Å². The van der Waals surface area contributed by atoms with E-state index < -0.39 is 5.41 Å². The van der Waals surface area contributed by atoms with Crippen LogP contribution in [0.2, 0.25) is 5.02 Å². The van der Waals surface area contributed by atoms with Gasteiger partial charge in [-0.25, -0.2) is 4.98 Å². The fraction of sp³-hybridized carbons (Fsp3) is 0.350. The zero-order valence-corrected chi connectivity index (χ0v) is 15.7. The van der Waals surface area contributed by atoms with Gasteiger partial charge in [0.25, 0.3) is 5.91 Å². The minimum Gasteiger partial charge on any atom is -0.338 e. The topological polar surface area (TPSA) is 53.5 Å². The number of aromatic nitrogens is 1. The molecule has 6 heteroatoms. The Bertz CT molecular complexity index is 782. The van der Waals surface area contributed by atoms with Gasteiger partial charge in [-0.2, -0.15) is 0 Å². The number of benzene rings is 1. The number of halogens is 1. The van der Waals surface area contributed by atoms with Crippen molar-refractivity contribution >= 4 is 23.4 Å². The van der Waals surface area contributed by atoms with Crippen LogP contribution in [0, 0.1) is 0 Å². The van der Waals surface area contributed by atoms with E-state index in [4.69, 9.17) is 11.6 Å². The highest BCUT2D eigenvalue weighted by Gasteiger charge is 2.35. The molecule has 0 unspecified atom stereocenters. The zero-order valence-electron chi connectivity index (χ0n) is 15.0. The van der Waals surface area contributed by atoms with Crippen molar-refractivity contribution in [3.63, 3.8) is 0 Å². The standard InChI is InChI=1S/C20H22ClN3O2/c1-20(2,15-6-4-3-5-7-15)19(26)24-12-10-23(11-13-24)18(25)17-9-8-16(21)14-22-17/h3-9,14H,10-13H2,1-2H3. The number of piperazine rings is 1. The highest BCUT2D eigenvalue weighted by molar-refractivity contribution is 6.30. The summed E-state index contributed by atoms with van der Waals surface area (Å²) < 4.78 is 0. The van der Waals surface area contributed by atoms with Crippen LogP contribution in [0.1, 0.15) is 29.9 Å². The maximum atomic E-state index is 13.0. The molecule has 1 aliphatic heterocycles. The number of hydrogen-bond donors (Lipinski definition) is 0. The fourth-order valence-electron chi connectivity index (χ4n) is 3.15. The Morgan fingerprint density at radius 2 is 1.58 bits per heavy atom. The summed E-state index contributed by atoms with van der Waals surface area (Å²) in [6.45, 7) is 5.93. The average molecular weight is 372 g/mol. The molecule has 0 aliphatic carbocycles. The number of carbonyl (C=O) groups excluding carboxylic acids is 2. The Morgan fingerprint density at radius 1 is 0.962 bits per heavy atom. The van der Waals surface area contributed by atoms with Gasteiger partial charge in [-0.3, -0.25) is 9.59 Å². The predicted octanol–water partition coefficient (Wildman–Crippen LogP) is 3.00. The van der Waals surface area contributed by atoms with Crippen LogP contribution >= 0.6 is 11.6 Å². The van der Waals surface area contributed by atoms with Crippen LogP contribution in [-0.2, 0) is 10.2 Å². The molecule has 1 aromatic heterocycles. The Balaban J connectivity index is 1.64. The van der Waals surface area contributed by atoms with Crippen molar-refractivity contribution in [2.45, 2.75) is 19.3 Å². The lowest BCUT2D eigenvalue weighted by molar-refractivity contribution is -0.137. The number of hydrogen-bond acceptors (Lipinski definition) is 3. The minimum atomic E-state index is -0.592. The van der Waals surface area contributed by atoms with E-state index in [1.807, 2.05) is 49.1 Å². The maximum absolute atomic E-state index is 13.0. The van der Waals surface area contributed by atoms with Crippen molar-refractivity contribution in [2.24, 2.45) is 0 Å². The predicted molar refractivity (Wildman–Crippen MR) is 101 cm³/mol. The van der Waals surface area contributed by atoms with Gasteiger partial charge in [-0.15, -0.1) is 0 Å². The first-order valence-corrected chi connectivity index (χ1v) is 9.03. The van der Waals surface area contributed by atoms with Gasteiger partial charge < -0.3 is 9.80 Å². The molecule has 1 fully saturated rings. The van der Waals surface area contributed by atoms with Crippen LogP contribution in [0.4, 0.5) is 0 Å². The summed E-state index contributed by atoms with van der Waals surface area (Å²) in [5.41, 5.74) is 0.776. The van der Waals surface area contributed by atoms with Crippen molar-refractivity contribution in [1.82, 2.24) is 14.8 Å². The molecular weight excluding hydrogens is 350 g/mol. The Kier molecular flexibility index (Phi) is 5.28. The molecule has 5 nitrogen and oxygen atoms in total. The molecule has 0 N–H and O–H groups in total. The largest absolute Gasteiger partial charge is 0.338 e. The summed E-state index contributed by atoms with van der Waals surface area (Å²) in [5, 5.41) is 0.500. The second-order valence-electron chi connectivity index (χ2n) is 6.94. The van der Waals surface area contributed by atoms with Gasteiger partial charge >= 0.3 is 0 Å². The highest BCUT2D eigenvalue weighted by atomic mass is 35.5. The molecule has 2 heterocycles. The zero-order chi connectivity index (χ0) is 18.7. The highest BCUT2D eigenvalue weighted by Crippen LogP contribution is 2.26. The van der Waals surface area contributed by atoms with Crippen molar-refractivity contribution in [2.75, 3.05) is 26.2 Å². The number of amides is 2. The van der Waals surface area contributed by atoms with Gasteiger partial charge in [-0.1, -0.05) is 41.9 Å². The second-order valence-corrected chi connectivity index (χ2v) is 7.37. The molecule has 26 heavy (non-hydrogen) atoms. The van der Waals surface area contributed by atoms with E-state index in [1.165, 1.54) is 6.20 Å². The monoisotopic (exact) mass is 371 g/mol. The van der Waals surface area contributed by atoms with Crippen LogP contribution < -0.4 is 0 Å². The molecule has 2 amide bonds. The van der Waals surface area contributed by atoms with Crippen LogP contribution in [0.5, 0.6) is 0 Å². The number of nitrogens with zero attached hydrogens (tertiary/aromatic N) is 3. The van der Waals surface area contributed by atoms with Crippen molar-refractivity contribution in [3.8, 4) is 0 Å². The van der Waals surface area contributed by atoms with E-state index in [9.17, 15) is 9.59 Å². The van der Waals surface area contributed by atoms with E-state index in [2.05, 4.69) is 4.98 Å². The SMILES string of the molecule is CC(C)(C(=O)N1CCN(C(=O)c2ccc(Cl)cn2)CC1)c1ccccc1. The number of carbonyl (C=O) groups is 2. The molecule has 0 saturated carbocycles. The molecule has 136 valence electrons. The third-order valence-corrected chi connectivity index (χ3v) is 5.05. The molecule has 3 rings (SSSR count). The summed E-state index contributed by atoms with van der Waals surface area (Å²) >= 11 is 5.82. The number of pyridine rings is 1. The quantitative estimate of drug-likeness (QED) is 0.833. The fourth-order valence-corrected chi connectivity index (χ4v) is 3.26. The van der Waals surface area contributed by atoms with E-state index in [0.29, 0.717) is 36.9 Å². The van der Waals surface area contributed by atoms with E-state index >= 15 is 0 Å². The normalized spacial score (nSPS) is 15.0. The Labute approximate surface area is 158 Å². The van der Waals surface area contributed by atoms with Crippen molar-refractivity contribution in [3.05, 3.63) is 64.9 Å². The first-order chi connectivity index (χ1) is 12.4. The first kappa shape index (κ1) is 18.4. The molecule has 1 saturated heterocycles. The van der Waals surface area contributed by atoms with Crippen LogP contribution in [-0.4, -0.2) is 52.8 Å². The Hall–Kier alpha value is -2.40. The second kappa shape index (κ2) is 7.46. The molecular formula is C20H22ClN3O2. The van der Waals surface area contributed by atoms with Gasteiger partial charge in [0.1, 0.15) is 5.69 Å². The molecule has 0 spiro atoms. The third kappa shape index (κ3) is 3.73. The lowest BCUT2D eigenvalue weighted by Gasteiger charge is -2.38. The lowest BCUT2D eigenvalue weighted by Crippen LogP contribution is -2.54. The van der Waals surface area contributed by atoms with Gasteiger partial charge in [0.15, 0.2) is 0 Å². The maximum Gasteiger partial charge on any atom is 0.272 e. The lowest BCUT2D eigenvalue weighted by atomic mass is 9.83. The summed E-state index contributed by atoms with van der Waals surface area (Å²) in [5.74, 6) is -0.0449. The molecule has 1 aliphatic rings. The minimum absolute atomic E-state index is 0.0837. The molecule has 2 aromatic rings.